The van der Waals surface area contributed by atoms with Gasteiger partial charge in [0.1, 0.15) is 0 Å². The van der Waals surface area contributed by atoms with Gasteiger partial charge in [0.15, 0.2) is 0 Å². The smallest absolute Gasteiger partial charge is 0.0850 e. The summed E-state index contributed by atoms with van der Waals surface area (Å²) in [6, 6.07) is 8.84. The lowest BCUT2D eigenvalue weighted by molar-refractivity contribution is 0.557. The van der Waals surface area contributed by atoms with Crippen LogP contribution in [0.25, 0.3) is 0 Å². The Morgan fingerprint density at radius 1 is 1.24 bits per heavy atom. The minimum absolute atomic E-state index is 0.249. The summed E-state index contributed by atoms with van der Waals surface area (Å²) in [6.45, 7) is 4.28. The normalized spacial score (nSPS) is 12.6. The molecule has 0 aliphatic carbocycles. The molecule has 114 valence electrons. The molecule has 1 aromatic carbocycles. The second kappa shape index (κ2) is 7.10. The maximum absolute atomic E-state index is 6.48. The molecule has 0 radical (unpaired) electrons. The van der Waals surface area contributed by atoms with Gasteiger partial charge in [-0.25, -0.2) is 0 Å². The number of aryl methyl sites for hydroxylation is 3. The third-order valence-corrected chi connectivity index (χ3v) is 4.50. The van der Waals surface area contributed by atoms with Crippen molar-refractivity contribution < 1.29 is 0 Å². The summed E-state index contributed by atoms with van der Waals surface area (Å²) in [4.78, 5) is 0. The Kier molecular flexibility index (Phi) is 5.43. The highest BCUT2D eigenvalue weighted by Gasteiger charge is 2.19. The van der Waals surface area contributed by atoms with E-state index in [-0.39, 0.29) is 6.04 Å². The zero-order valence-corrected chi connectivity index (χ0v) is 14.0. The van der Waals surface area contributed by atoms with Crippen molar-refractivity contribution in [1.82, 2.24) is 15.1 Å². The predicted octanol–water partition coefficient (Wildman–Crippen LogP) is 3.70. The van der Waals surface area contributed by atoms with E-state index in [0.717, 1.165) is 35.7 Å². The van der Waals surface area contributed by atoms with E-state index in [1.165, 1.54) is 11.1 Å². The summed E-state index contributed by atoms with van der Waals surface area (Å²) in [5.41, 5.74) is 4.80. The van der Waals surface area contributed by atoms with Gasteiger partial charge in [0.25, 0.3) is 0 Å². The number of likely N-dealkylation sites (N-methyl/N-ethyl adjacent to an activating group) is 1. The standard InChI is InChI=1S/C17H24ClN3/c1-5-12-9-7-8-10-13(12)15(19-3)11-16-17(18)14(6-2)20-21(16)4/h7-10,15,19H,5-6,11H2,1-4H3. The molecule has 0 amide bonds. The summed E-state index contributed by atoms with van der Waals surface area (Å²) in [6.07, 6.45) is 2.74. The number of nitrogens with one attached hydrogen (secondary N) is 1. The molecule has 0 saturated heterocycles. The molecule has 2 rings (SSSR count). The van der Waals surface area contributed by atoms with Crippen LogP contribution >= 0.6 is 11.6 Å². The number of nitrogens with zero attached hydrogens (tertiary/aromatic N) is 2. The number of hydrogen-bond donors (Lipinski definition) is 1. The van der Waals surface area contributed by atoms with Gasteiger partial charge in [0.05, 0.1) is 16.4 Å². The van der Waals surface area contributed by atoms with Gasteiger partial charge in [-0.2, -0.15) is 5.10 Å². The van der Waals surface area contributed by atoms with Crippen molar-refractivity contribution in [3.8, 4) is 0 Å². The highest BCUT2D eigenvalue weighted by atomic mass is 35.5. The van der Waals surface area contributed by atoms with Crippen LogP contribution in [0.3, 0.4) is 0 Å². The Morgan fingerprint density at radius 2 is 1.95 bits per heavy atom. The van der Waals surface area contributed by atoms with Gasteiger partial charge in [-0.15, -0.1) is 0 Å². The van der Waals surface area contributed by atoms with Crippen molar-refractivity contribution in [2.24, 2.45) is 7.05 Å². The van der Waals surface area contributed by atoms with Gasteiger partial charge in [0, 0.05) is 19.5 Å². The second-order valence-corrected chi connectivity index (χ2v) is 5.66. The average molecular weight is 306 g/mol. The number of halogens is 1. The van der Waals surface area contributed by atoms with Gasteiger partial charge in [-0.05, 0) is 31.0 Å². The summed E-state index contributed by atoms with van der Waals surface area (Å²) in [5, 5.41) is 8.75. The molecule has 0 saturated carbocycles. The molecule has 0 aliphatic heterocycles. The van der Waals surface area contributed by atoms with Gasteiger partial charge < -0.3 is 5.32 Å². The predicted molar refractivity (Wildman–Crippen MR) is 88.9 cm³/mol. The Bertz CT molecular complexity index is 604. The first kappa shape index (κ1) is 16.1. The Hall–Kier alpha value is -1.32. The van der Waals surface area contributed by atoms with Crippen LogP contribution in [0, 0.1) is 0 Å². The van der Waals surface area contributed by atoms with Crippen LogP contribution in [-0.4, -0.2) is 16.8 Å². The summed E-state index contributed by atoms with van der Waals surface area (Å²) < 4.78 is 1.92. The lowest BCUT2D eigenvalue weighted by Crippen LogP contribution is -2.21. The highest BCUT2D eigenvalue weighted by Crippen LogP contribution is 2.27. The molecule has 0 bridgehead atoms. The van der Waals surface area contributed by atoms with Crippen LogP contribution in [0.5, 0.6) is 0 Å². The highest BCUT2D eigenvalue weighted by molar-refractivity contribution is 6.31. The fourth-order valence-electron chi connectivity index (χ4n) is 2.80. The third-order valence-electron chi connectivity index (χ3n) is 4.06. The molecule has 0 aliphatic rings. The second-order valence-electron chi connectivity index (χ2n) is 5.28. The molecule has 1 aromatic heterocycles. The van der Waals surface area contributed by atoms with Crippen molar-refractivity contribution in [1.29, 1.82) is 0 Å². The third kappa shape index (κ3) is 3.30. The molecule has 1 N–H and O–H groups in total. The quantitative estimate of drug-likeness (QED) is 0.882. The van der Waals surface area contributed by atoms with Crippen molar-refractivity contribution in [3.05, 3.63) is 51.8 Å². The Labute approximate surface area is 132 Å². The largest absolute Gasteiger partial charge is 0.313 e. The van der Waals surface area contributed by atoms with Crippen LogP contribution in [0.4, 0.5) is 0 Å². The zero-order chi connectivity index (χ0) is 15.4. The monoisotopic (exact) mass is 305 g/mol. The summed E-state index contributed by atoms with van der Waals surface area (Å²) in [5.74, 6) is 0. The van der Waals surface area contributed by atoms with E-state index in [9.17, 15) is 0 Å². The van der Waals surface area contributed by atoms with Crippen molar-refractivity contribution in [2.45, 2.75) is 39.2 Å². The first-order valence-electron chi connectivity index (χ1n) is 7.57. The Morgan fingerprint density at radius 3 is 2.52 bits per heavy atom. The molecule has 2 aromatic rings. The Balaban J connectivity index is 2.34. The average Bonchev–Trinajstić information content (AvgIpc) is 2.79. The molecule has 0 spiro atoms. The summed E-state index contributed by atoms with van der Waals surface area (Å²) >= 11 is 6.48. The minimum Gasteiger partial charge on any atom is -0.313 e. The van der Waals surface area contributed by atoms with E-state index in [2.05, 4.69) is 48.5 Å². The zero-order valence-electron chi connectivity index (χ0n) is 13.3. The molecule has 1 heterocycles. The van der Waals surface area contributed by atoms with E-state index in [0.29, 0.717) is 0 Å². The number of benzene rings is 1. The van der Waals surface area contributed by atoms with Crippen molar-refractivity contribution in [2.75, 3.05) is 7.05 Å². The molecular weight excluding hydrogens is 282 g/mol. The van der Waals surface area contributed by atoms with Gasteiger partial charge >= 0.3 is 0 Å². The number of rotatable bonds is 6. The van der Waals surface area contributed by atoms with Gasteiger partial charge in [-0.1, -0.05) is 49.7 Å². The number of aromatic nitrogens is 2. The topological polar surface area (TPSA) is 29.9 Å². The molecule has 1 unspecified atom stereocenters. The first-order valence-corrected chi connectivity index (χ1v) is 7.95. The number of hydrogen-bond acceptors (Lipinski definition) is 2. The summed E-state index contributed by atoms with van der Waals surface area (Å²) in [7, 11) is 3.97. The van der Waals surface area contributed by atoms with E-state index >= 15 is 0 Å². The van der Waals surface area contributed by atoms with Gasteiger partial charge in [0.2, 0.25) is 0 Å². The lowest BCUT2D eigenvalue weighted by Gasteiger charge is -2.20. The fourth-order valence-corrected chi connectivity index (χ4v) is 3.17. The van der Waals surface area contributed by atoms with Gasteiger partial charge in [-0.3, -0.25) is 4.68 Å². The molecule has 21 heavy (non-hydrogen) atoms. The van der Waals surface area contributed by atoms with Crippen LogP contribution in [0.1, 0.15) is 42.4 Å². The molecule has 1 atom stereocenters. The van der Waals surface area contributed by atoms with E-state index in [4.69, 9.17) is 11.6 Å². The van der Waals surface area contributed by atoms with Crippen LogP contribution in [-0.2, 0) is 26.3 Å². The molecule has 0 fully saturated rings. The minimum atomic E-state index is 0.249. The SMILES string of the molecule is CCc1ccccc1C(Cc1c(Cl)c(CC)nn1C)NC. The van der Waals surface area contributed by atoms with E-state index in [1.807, 2.05) is 18.8 Å². The van der Waals surface area contributed by atoms with Crippen molar-refractivity contribution >= 4 is 11.6 Å². The molecule has 3 nitrogen and oxygen atoms in total. The van der Waals surface area contributed by atoms with Crippen LogP contribution in [0.2, 0.25) is 5.02 Å². The first-order chi connectivity index (χ1) is 10.1. The van der Waals surface area contributed by atoms with Crippen LogP contribution in [0.15, 0.2) is 24.3 Å². The fraction of sp³-hybridized carbons (Fsp3) is 0.471. The maximum Gasteiger partial charge on any atom is 0.0850 e. The maximum atomic E-state index is 6.48. The van der Waals surface area contributed by atoms with E-state index in [1.54, 1.807) is 0 Å². The van der Waals surface area contributed by atoms with E-state index < -0.39 is 0 Å². The lowest BCUT2D eigenvalue weighted by atomic mass is 9.95. The molecule has 4 heteroatoms. The van der Waals surface area contributed by atoms with Crippen molar-refractivity contribution in [3.63, 3.8) is 0 Å². The molecular formula is C17H24ClN3. The van der Waals surface area contributed by atoms with Crippen LogP contribution < -0.4 is 5.32 Å².